The lowest BCUT2D eigenvalue weighted by atomic mass is 9.83. The molecule has 128 valence electrons. The van der Waals surface area contributed by atoms with Crippen LogP contribution < -0.4 is 4.74 Å². The molecule has 0 saturated carbocycles. The Morgan fingerprint density at radius 1 is 1.12 bits per heavy atom. The first-order valence-electron chi connectivity index (χ1n) is 8.47. The van der Waals surface area contributed by atoms with Crippen LogP contribution >= 0.6 is 0 Å². The number of likely N-dealkylation sites (tertiary alicyclic amines) is 1. The first-order chi connectivity index (χ1) is 11.4. The summed E-state index contributed by atoms with van der Waals surface area (Å²) in [7, 11) is 0. The van der Waals surface area contributed by atoms with Crippen molar-refractivity contribution >= 4 is 6.09 Å². The number of hydrogen-bond acceptors (Lipinski definition) is 3. The Hall–Kier alpha value is -2.23. The smallest absolute Gasteiger partial charge is 0.410 e. The Kier molecular flexibility index (Phi) is 4.39. The predicted molar refractivity (Wildman–Crippen MR) is 94.1 cm³/mol. The van der Waals surface area contributed by atoms with Crippen molar-refractivity contribution in [3.63, 3.8) is 0 Å². The van der Waals surface area contributed by atoms with Gasteiger partial charge in [0, 0.05) is 0 Å². The second-order valence-corrected chi connectivity index (χ2v) is 7.38. The molecule has 24 heavy (non-hydrogen) atoms. The molecule has 1 saturated heterocycles. The van der Waals surface area contributed by atoms with Crippen LogP contribution in [0.5, 0.6) is 5.75 Å². The molecule has 1 heterocycles. The summed E-state index contributed by atoms with van der Waals surface area (Å²) < 4.78 is 11.8. The lowest BCUT2D eigenvalue weighted by molar-refractivity contribution is -0.0599. The van der Waals surface area contributed by atoms with Crippen molar-refractivity contribution in [2.45, 2.75) is 44.8 Å². The number of benzene rings is 1. The largest absolute Gasteiger partial charge is 0.479 e. The van der Waals surface area contributed by atoms with Gasteiger partial charge >= 0.3 is 6.09 Å². The third-order valence-electron chi connectivity index (χ3n) is 4.12. The number of allylic oxidation sites excluding steroid dienone is 2. The van der Waals surface area contributed by atoms with E-state index in [0.29, 0.717) is 13.1 Å². The van der Waals surface area contributed by atoms with Crippen molar-refractivity contribution in [2.75, 3.05) is 13.1 Å². The van der Waals surface area contributed by atoms with Crippen molar-refractivity contribution in [3.05, 3.63) is 54.1 Å². The van der Waals surface area contributed by atoms with Gasteiger partial charge in [0.25, 0.3) is 0 Å². The number of ether oxygens (including phenoxy) is 2. The molecule has 0 unspecified atom stereocenters. The van der Waals surface area contributed by atoms with E-state index in [0.717, 1.165) is 24.2 Å². The molecule has 1 aliphatic heterocycles. The van der Waals surface area contributed by atoms with Crippen LogP contribution in [0.2, 0.25) is 0 Å². The van der Waals surface area contributed by atoms with Crippen molar-refractivity contribution in [1.82, 2.24) is 4.90 Å². The third-order valence-corrected chi connectivity index (χ3v) is 4.12. The van der Waals surface area contributed by atoms with Gasteiger partial charge < -0.3 is 9.47 Å². The quantitative estimate of drug-likeness (QED) is 0.829. The summed E-state index contributed by atoms with van der Waals surface area (Å²) in [5.74, 6) is 0.821. The van der Waals surface area contributed by atoms with E-state index in [1.807, 2.05) is 51.1 Å². The van der Waals surface area contributed by atoms with Crippen LogP contribution in [0.15, 0.2) is 54.1 Å². The molecule has 0 spiro atoms. The molecule has 1 aliphatic carbocycles. The molecule has 1 aromatic carbocycles. The van der Waals surface area contributed by atoms with Gasteiger partial charge in [0.05, 0.1) is 13.1 Å². The molecule has 0 radical (unpaired) electrons. The van der Waals surface area contributed by atoms with E-state index in [9.17, 15) is 4.79 Å². The van der Waals surface area contributed by atoms with Gasteiger partial charge in [-0.2, -0.15) is 0 Å². The van der Waals surface area contributed by atoms with Gasteiger partial charge in [-0.15, -0.1) is 0 Å². The maximum absolute atomic E-state index is 12.3. The van der Waals surface area contributed by atoms with E-state index < -0.39 is 11.2 Å². The van der Waals surface area contributed by atoms with Crippen LogP contribution in [0.4, 0.5) is 4.79 Å². The van der Waals surface area contributed by atoms with Crippen molar-refractivity contribution in [2.24, 2.45) is 0 Å². The molecular weight excluding hydrogens is 302 g/mol. The molecule has 3 rings (SSSR count). The number of carbonyl (C=O) groups is 1. The van der Waals surface area contributed by atoms with E-state index in [1.54, 1.807) is 4.90 Å². The number of rotatable bonds is 3. The predicted octanol–water partition coefficient (Wildman–Crippen LogP) is 4.33. The van der Waals surface area contributed by atoms with E-state index >= 15 is 0 Å². The Labute approximate surface area is 143 Å². The molecule has 0 bridgehead atoms. The highest BCUT2D eigenvalue weighted by Gasteiger charge is 2.50. The monoisotopic (exact) mass is 327 g/mol. The van der Waals surface area contributed by atoms with Crippen molar-refractivity contribution in [3.8, 4) is 5.75 Å². The summed E-state index contributed by atoms with van der Waals surface area (Å²) in [4.78, 5) is 14.0. The van der Waals surface area contributed by atoms with E-state index in [4.69, 9.17) is 9.47 Å². The molecule has 0 aromatic heterocycles. The number of nitrogens with zero attached hydrogens (tertiary/aromatic N) is 1. The van der Waals surface area contributed by atoms with Crippen LogP contribution in [-0.4, -0.2) is 35.3 Å². The highest BCUT2D eigenvalue weighted by atomic mass is 16.6. The number of amides is 1. The fraction of sp³-hybridized carbons (Fsp3) is 0.450. The van der Waals surface area contributed by atoms with Gasteiger partial charge in [-0.3, -0.25) is 4.90 Å². The Morgan fingerprint density at radius 2 is 1.83 bits per heavy atom. The molecule has 1 amide bonds. The summed E-state index contributed by atoms with van der Waals surface area (Å²) in [6.07, 6.45) is 8.30. The fourth-order valence-corrected chi connectivity index (χ4v) is 3.00. The maximum Gasteiger partial charge on any atom is 0.410 e. The zero-order valence-electron chi connectivity index (χ0n) is 14.6. The normalized spacial score (nSPS) is 19.3. The molecular formula is C20H25NO3. The Balaban J connectivity index is 1.75. The molecule has 1 aromatic rings. The minimum Gasteiger partial charge on any atom is -0.479 e. The second-order valence-electron chi connectivity index (χ2n) is 7.38. The SMILES string of the molecule is CC(C)(C)OC(=O)N1CC(Oc2ccccc2)(C2=CCCC=C2)C1. The van der Waals surface area contributed by atoms with Gasteiger partial charge in [-0.1, -0.05) is 36.4 Å². The summed E-state index contributed by atoms with van der Waals surface area (Å²) in [6, 6.07) is 9.78. The average molecular weight is 327 g/mol. The van der Waals surface area contributed by atoms with Gasteiger partial charge in [0.2, 0.25) is 0 Å². The highest BCUT2D eigenvalue weighted by Crippen LogP contribution is 2.37. The highest BCUT2D eigenvalue weighted by molar-refractivity contribution is 5.70. The van der Waals surface area contributed by atoms with E-state index in [2.05, 4.69) is 18.2 Å². The number of hydrogen-bond donors (Lipinski definition) is 0. The molecule has 1 fully saturated rings. The van der Waals surface area contributed by atoms with Gasteiger partial charge in [0.1, 0.15) is 11.4 Å². The number of para-hydroxylation sites is 1. The van der Waals surface area contributed by atoms with Gasteiger partial charge in [-0.05, 0) is 51.3 Å². The number of carbonyl (C=O) groups excluding carboxylic acids is 1. The topological polar surface area (TPSA) is 38.8 Å². The lowest BCUT2D eigenvalue weighted by Crippen LogP contribution is -2.67. The molecule has 0 atom stereocenters. The lowest BCUT2D eigenvalue weighted by Gasteiger charge is -2.50. The van der Waals surface area contributed by atoms with Crippen molar-refractivity contribution in [1.29, 1.82) is 0 Å². The summed E-state index contributed by atoms with van der Waals surface area (Å²) in [6.45, 7) is 6.65. The summed E-state index contributed by atoms with van der Waals surface area (Å²) >= 11 is 0. The standard InChI is InChI=1S/C20H25NO3/c1-19(2,3)24-18(22)21-14-20(15-21,16-10-6-4-7-11-16)23-17-12-8-5-9-13-17/h5-6,8-13H,4,7,14-15H2,1-3H3. The van der Waals surface area contributed by atoms with E-state index in [1.165, 1.54) is 0 Å². The van der Waals surface area contributed by atoms with Crippen LogP contribution in [0.1, 0.15) is 33.6 Å². The van der Waals surface area contributed by atoms with Gasteiger partial charge in [-0.25, -0.2) is 4.79 Å². The Morgan fingerprint density at radius 3 is 2.42 bits per heavy atom. The minimum atomic E-state index is -0.486. The van der Waals surface area contributed by atoms with Gasteiger partial charge in [0.15, 0.2) is 5.60 Å². The van der Waals surface area contributed by atoms with Crippen LogP contribution in [0.25, 0.3) is 0 Å². The van der Waals surface area contributed by atoms with Crippen LogP contribution in [-0.2, 0) is 4.74 Å². The average Bonchev–Trinajstić information content (AvgIpc) is 2.50. The van der Waals surface area contributed by atoms with E-state index in [-0.39, 0.29) is 6.09 Å². The first-order valence-corrected chi connectivity index (χ1v) is 8.47. The summed E-state index contributed by atoms with van der Waals surface area (Å²) in [5.41, 5.74) is 0.187. The third kappa shape index (κ3) is 3.64. The molecule has 4 heteroatoms. The van der Waals surface area contributed by atoms with Crippen LogP contribution in [0, 0.1) is 0 Å². The molecule has 4 nitrogen and oxygen atoms in total. The maximum atomic E-state index is 12.3. The van der Waals surface area contributed by atoms with Crippen molar-refractivity contribution < 1.29 is 14.3 Å². The molecule has 0 N–H and O–H groups in total. The second kappa shape index (κ2) is 6.34. The minimum absolute atomic E-state index is 0.282. The zero-order valence-corrected chi connectivity index (χ0v) is 14.6. The fourth-order valence-electron chi connectivity index (χ4n) is 3.00. The molecule has 2 aliphatic rings. The first kappa shape index (κ1) is 16.6. The van der Waals surface area contributed by atoms with Crippen LogP contribution in [0.3, 0.4) is 0 Å². The zero-order chi connectivity index (χ0) is 17.2. The summed E-state index contributed by atoms with van der Waals surface area (Å²) in [5, 5.41) is 0. The Bertz CT molecular complexity index is 649.